The summed E-state index contributed by atoms with van der Waals surface area (Å²) >= 11 is 0. The Labute approximate surface area is 185 Å². The molecular weight excluding hydrogens is 408 g/mol. The molecule has 9 heteroatoms. The predicted molar refractivity (Wildman–Crippen MR) is 122 cm³/mol. The third kappa shape index (κ3) is 5.12. The van der Waals surface area contributed by atoms with Gasteiger partial charge in [-0.3, -0.25) is 14.9 Å². The number of benzene rings is 2. The Morgan fingerprint density at radius 2 is 1.81 bits per heavy atom. The number of amides is 1. The molecule has 1 aromatic heterocycles. The van der Waals surface area contributed by atoms with Crippen LogP contribution in [0.2, 0.25) is 0 Å². The fraction of sp³-hybridized carbons (Fsp3) is 0.217. The molecule has 0 bridgehead atoms. The maximum Gasteiger partial charge on any atom is 0.290 e. The maximum atomic E-state index is 12.8. The normalized spacial score (nSPS) is 13.8. The molecule has 1 amide bonds. The molecule has 0 radical (unpaired) electrons. The van der Waals surface area contributed by atoms with Gasteiger partial charge in [0.05, 0.1) is 16.8 Å². The van der Waals surface area contributed by atoms with E-state index in [9.17, 15) is 14.9 Å². The average Bonchev–Trinajstić information content (AvgIpc) is 2.85. The number of carbonyl (C=O) groups is 1. The number of carbonyl (C=O) groups excluding carboxylic acids is 1. The summed E-state index contributed by atoms with van der Waals surface area (Å²) in [6, 6.07) is 17.3. The summed E-state index contributed by atoms with van der Waals surface area (Å²) in [5, 5.41) is 14.8. The molecule has 0 saturated carbocycles. The highest BCUT2D eigenvalue weighted by Crippen LogP contribution is 2.23. The van der Waals surface area contributed by atoms with Gasteiger partial charge in [0, 0.05) is 36.3 Å². The number of rotatable bonds is 6. The maximum absolute atomic E-state index is 12.8. The Morgan fingerprint density at radius 1 is 1.03 bits per heavy atom. The minimum atomic E-state index is -0.482. The number of non-ortho nitro benzene ring substituents is 1. The summed E-state index contributed by atoms with van der Waals surface area (Å²) in [5.41, 5.74) is 4.67. The second-order valence-corrected chi connectivity index (χ2v) is 7.40. The van der Waals surface area contributed by atoms with Crippen LogP contribution in [0, 0.1) is 10.1 Å². The van der Waals surface area contributed by atoms with Crippen LogP contribution < -0.4 is 10.3 Å². The quantitative estimate of drug-likeness (QED) is 0.361. The molecule has 0 atom stereocenters. The lowest BCUT2D eigenvalue weighted by Gasteiger charge is -2.27. The van der Waals surface area contributed by atoms with Crippen molar-refractivity contribution in [3.63, 3.8) is 0 Å². The Bertz CT molecular complexity index is 1140. The molecule has 1 aliphatic rings. The fourth-order valence-corrected chi connectivity index (χ4v) is 3.48. The standard InChI is InChI=1S/C23H22N6O3/c30-22(27-24-16-17-8-7-11-19(14-17)29(31)32)21-15-20(18-9-3-1-4-10-18)25-23(26-21)28-12-5-2-6-13-28/h1,3-4,7-11,14-16H,2,5-6,12-13H2,(H,27,30)/b24-16+. The van der Waals surface area contributed by atoms with E-state index < -0.39 is 10.8 Å². The summed E-state index contributed by atoms with van der Waals surface area (Å²) in [7, 11) is 0. The highest BCUT2D eigenvalue weighted by molar-refractivity contribution is 5.94. The van der Waals surface area contributed by atoms with E-state index in [1.807, 2.05) is 30.3 Å². The first-order valence-electron chi connectivity index (χ1n) is 10.4. The van der Waals surface area contributed by atoms with Crippen LogP contribution in [0.4, 0.5) is 11.6 Å². The molecule has 1 aliphatic heterocycles. The third-order valence-electron chi connectivity index (χ3n) is 5.12. The van der Waals surface area contributed by atoms with E-state index in [0.29, 0.717) is 17.2 Å². The van der Waals surface area contributed by atoms with Crippen LogP contribution in [0.25, 0.3) is 11.3 Å². The lowest BCUT2D eigenvalue weighted by molar-refractivity contribution is -0.384. The van der Waals surface area contributed by atoms with E-state index in [2.05, 4.69) is 20.4 Å². The van der Waals surface area contributed by atoms with Gasteiger partial charge in [0.1, 0.15) is 5.69 Å². The van der Waals surface area contributed by atoms with Gasteiger partial charge in [-0.25, -0.2) is 15.4 Å². The molecule has 0 unspecified atom stereocenters. The van der Waals surface area contributed by atoms with Crippen LogP contribution in [0.15, 0.2) is 65.8 Å². The monoisotopic (exact) mass is 430 g/mol. The second-order valence-electron chi connectivity index (χ2n) is 7.40. The highest BCUT2D eigenvalue weighted by atomic mass is 16.6. The van der Waals surface area contributed by atoms with Crippen molar-refractivity contribution in [1.82, 2.24) is 15.4 Å². The summed E-state index contributed by atoms with van der Waals surface area (Å²) in [5.74, 6) is 0.0448. The first-order chi connectivity index (χ1) is 15.6. The van der Waals surface area contributed by atoms with Crippen molar-refractivity contribution < 1.29 is 9.72 Å². The van der Waals surface area contributed by atoms with Crippen molar-refractivity contribution in [2.45, 2.75) is 19.3 Å². The molecule has 1 saturated heterocycles. The van der Waals surface area contributed by atoms with Gasteiger partial charge in [-0.2, -0.15) is 5.10 Å². The zero-order valence-electron chi connectivity index (χ0n) is 17.3. The predicted octanol–water partition coefficient (Wildman–Crippen LogP) is 3.81. The van der Waals surface area contributed by atoms with Crippen molar-refractivity contribution in [3.05, 3.63) is 82.0 Å². The lowest BCUT2D eigenvalue weighted by atomic mass is 10.1. The van der Waals surface area contributed by atoms with Gasteiger partial charge in [0.15, 0.2) is 0 Å². The van der Waals surface area contributed by atoms with Crippen LogP contribution in [0.3, 0.4) is 0 Å². The van der Waals surface area contributed by atoms with E-state index in [4.69, 9.17) is 4.98 Å². The van der Waals surface area contributed by atoms with Gasteiger partial charge in [-0.1, -0.05) is 42.5 Å². The Kier molecular flexibility index (Phi) is 6.45. The Morgan fingerprint density at radius 3 is 2.56 bits per heavy atom. The molecule has 3 aromatic rings. The first kappa shape index (κ1) is 21.1. The molecule has 32 heavy (non-hydrogen) atoms. The molecule has 9 nitrogen and oxygen atoms in total. The van der Waals surface area contributed by atoms with E-state index in [1.54, 1.807) is 18.2 Å². The number of nitrogens with one attached hydrogen (secondary N) is 1. The molecule has 4 rings (SSSR count). The number of hydrazone groups is 1. The molecule has 0 aliphatic carbocycles. The number of hydrogen-bond donors (Lipinski definition) is 1. The molecule has 1 fully saturated rings. The van der Waals surface area contributed by atoms with Gasteiger partial charge in [0.2, 0.25) is 5.95 Å². The van der Waals surface area contributed by atoms with E-state index in [-0.39, 0.29) is 11.4 Å². The number of nitro benzene ring substituents is 1. The molecule has 2 heterocycles. The zero-order chi connectivity index (χ0) is 22.3. The highest BCUT2D eigenvalue weighted by Gasteiger charge is 2.18. The molecule has 2 aromatic carbocycles. The lowest BCUT2D eigenvalue weighted by Crippen LogP contribution is -2.32. The minimum Gasteiger partial charge on any atom is -0.341 e. The van der Waals surface area contributed by atoms with Crippen LogP contribution in [0.1, 0.15) is 35.3 Å². The van der Waals surface area contributed by atoms with E-state index >= 15 is 0 Å². The fourth-order valence-electron chi connectivity index (χ4n) is 3.48. The summed E-state index contributed by atoms with van der Waals surface area (Å²) in [4.78, 5) is 34.5. The van der Waals surface area contributed by atoms with Crippen molar-refractivity contribution >= 4 is 23.8 Å². The van der Waals surface area contributed by atoms with E-state index in [0.717, 1.165) is 31.5 Å². The number of piperidine rings is 1. The summed E-state index contributed by atoms with van der Waals surface area (Å²) < 4.78 is 0. The van der Waals surface area contributed by atoms with Crippen LogP contribution in [-0.4, -0.2) is 40.1 Å². The van der Waals surface area contributed by atoms with E-state index in [1.165, 1.54) is 24.8 Å². The summed E-state index contributed by atoms with van der Waals surface area (Å²) in [6.45, 7) is 1.70. The third-order valence-corrected chi connectivity index (χ3v) is 5.12. The van der Waals surface area contributed by atoms with Gasteiger partial charge in [0.25, 0.3) is 11.6 Å². The average molecular weight is 430 g/mol. The molecule has 0 spiro atoms. The Hall–Kier alpha value is -4.14. The van der Waals surface area contributed by atoms with Crippen LogP contribution in [-0.2, 0) is 0 Å². The Balaban J connectivity index is 1.57. The number of nitro groups is 1. The topological polar surface area (TPSA) is 114 Å². The smallest absolute Gasteiger partial charge is 0.290 e. The summed E-state index contributed by atoms with van der Waals surface area (Å²) in [6.07, 6.45) is 4.66. The first-order valence-corrected chi connectivity index (χ1v) is 10.4. The van der Waals surface area contributed by atoms with Crippen LogP contribution in [0.5, 0.6) is 0 Å². The SMILES string of the molecule is O=C(N/N=C/c1cccc([N+](=O)[O-])c1)c1cc(-c2ccccc2)nc(N2CCCCC2)n1. The molecular formula is C23H22N6O3. The van der Waals surface area contributed by atoms with Gasteiger partial charge >= 0.3 is 0 Å². The number of nitrogens with zero attached hydrogens (tertiary/aromatic N) is 5. The number of hydrogen-bond acceptors (Lipinski definition) is 7. The van der Waals surface area contributed by atoms with Crippen molar-refractivity contribution in [3.8, 4) is 11.3 Å². The zero-order valence-corrected chi connectivity index (χ0v) is 17.3. The molecule has 1 N–H and O–H groups in total. The number of anilines is 1. The van der Waals surface area contributed by atoms with Gasteiger partial charge < -0.3 is 4.90 Å². The molecule has 162 valence electrons. The minimum absolute atomic E-state index is 0.0465. The largest absolute Gasteiger partial charge is 0.341 e. The van der Waals surface area contributed by atoms with Gasteiger partial charge in [-0.05, 0) is 25.3 Å². The van der Waals surface area contributed by atoms with Crippen molar-refractivity contribution in [2.24, 2.45) is 5.10 Å². The van der Waals surface area contributed by atoms with Gasteiger partial charge in [-0.15, -0.1) is 0 Å². The second kappa shape index (κ2) is 9.78. The number of aromatic nitrogens is 2. The van der Waals surface area contributed by atoms with Crippen molar-refractivity contribution in [2.75, 3.05) is 18.0 Å². The van der Waals surface area contributed by atoms with Crippen molar-refractivity contribution in [1.29, 1.82) is 0 Å². The van der Waals surface area contributed by atoms with Crippen LogP contribution >= 0.6 is 0 Å².